The second-order valence-electron chi connectivity index (χ2n) is 5.69. The van der Waals surface area contributed by atoms with Crippen LogP contribution >= 0.6 is 0 Å². The van der Waals surface area contributed by atoms with E-state index in [9.17, 15) is 4.79 Å². The Morgan fingerprint density at radius 3 is 2.48 bits per heavy atom. The highest BCUT2D eigenvalue weighted by atomic mass is 16.5. The Morgan fingerprint density at radius 2 is 1.90 bits per heavy atom. The van der Waals surface area contributed by atoms with Crippen molar-refractivity contribution in [3.8, 4) is 17.0 Å². The highest BCUT2D eigenvalue weighted by molar-refractivity contribution is 5.95. The zero-order chi connectivity index (χ0) is 15.6. The predicted molar refractivity (Wildman–Crippen MR) is 83.8 cm³/mol. The Kier molecular flexibility index (Phi) is 4.46. The number of carbonyl (C=O) groups excluding carboxylic acids is 1. The molecule has 1 aromatic carbocycles. The summed E-state index contributed by atoms with van der Waals surface area (Å²) in [7, 11) is 0. The van der Waals surface area contributed by atoms with E-state index in [2.05, 4.69) is 18.9 Å². The summed E-state index contributed by atoms with van der Waals surface area (Å²) < 4.78 is 7.82. The van der Waals surface area contributed by atoms with Gasteiger partial charge in [0.2, 0.25) is 0 Å². The SMILES string of the molecule is CC(=O)c1ccc(OC(C)C)c(-c2ccnn2C(C)C)c1. The molecule has 0 bridgehead atoms. The molecule has 0 aliphatic carbocycles. The molecule has 0 unspecified atom stereocenters. The molecule has 0 N–H and O–H groups in total. The van der Waals surface area contributed by atoms with Gasteiger partial charge in [-0.3, -0.25) is 9.48 Å². The molecule has 0 aliphatic rings. The van der Waals surface area contributed by atoms with Gasteiger partial charge in [0.15, 0.2) is 5.78 Å². The van der Waals surface area contributed by atoms with Gasteiger partial charge in [0.1, 0.15) is 5.75 Å². The van der Waals surface area contributed by atoms with Crippen molar-refractivity contribution in [1.29, 1.82) is 0 Å². The van der Waals surface area contributed by atoms with Crippen LogP contribution in [0.5, 0.6) is 5.75 Å². The second-order valence-corrected chi connectivity index (χ2v) is 5.69. The fourth-order valence-corrected chi connectivity index (χ4v) is 2.24. The molecule has 0 atom stereocenters. The van der Waals surface area contributed by atoms with Crippen LogP contribution in [0, 0.1) is 0 Å². The average molecular weight is 286 g/mol. The van der Waals surface area contributed by atoms with E-state index in [1.807, 2.05) is 36.7 Å². The number of benzene rings is 1. The highest BCUT2D eigenvalue weighted by Gasteiger charge is 2.16. The van der Waals surface area contributed by atoms with Crippen molar-refractivity contribution in [2.45, 2.75) is 46.8 Å². The van der Waals surface area contributed by atoms with E-state index < -0.39 is 0 Å². The van der Waals surface area contributed by atoms with Gasteiger partial charge in [0.25, 0.3) is 0 Å². The first kappa shape index (κ1) is 15.3. The van der Waals surface area contributed by atoms with Gasteiger partial charge in [0, 0.05) is 23.4 Å². The van der Waals surface area contributed by atoms with Crippen LogP contribution in [0.25, 0.3) is 11.3 Å². The van der Waals surface area contributed by atoms with Gasteiger partial charge in [-0.25, -0.2) is 0 Å². The predicted octanol–water partition coefficient (Wildman–Crippen LogP) is 4.12. The standard InChI is InChI=1S/C17H22N2O2/c1-11(2)19-16(8-9-18-19)15-10-14(13(5)20)6-7-17(15)21-12(3)4/h6-12H,1-5H3. The third kappa shape index (κ3) is 3.32. The quantitative estimate of drug-likeness (QED) is 0.777. The van der Waals surface area contributed by atoms with Crippen molar-refractivity contribution in [3.63, 3.8) is 0 Å². The van der Waals surface area contributed by atoms with Crippen LogP contribution in [0.4, 0.5) is 0 Å². The number of ketones is 1. The largest absolute Gasteiger partial charge is 0.490 e. The van der Waals surface area contributed by atoms with E-state index in [4.69, 9.17) is 4.74 Å². The van der Waals surface area contributed by atoms with E-state index >= 15 is 0 Å². The number of nitrogens with zero attached hydrogens (tertiary/aromatic N) is 2. The van der Waals surface area contributed by atoms with Crippen LogP contribution in [-0.2, 0) is 0 Å². The molecular weight excluding hydrogens is 264 g/mol. The molecule has 0 aliphatic heterocycles. The number of hydrogen-bond acceptors (Lipinski definition) is 3. The minimum atomic E-state index is 0.0444. The second kappa shape index (κ2) is 6.12. The van der Waals surface area contributed by atoms with E-state index in [0.29, 0.717) is 5.56 Å². The molecule has 2 rings (SSSR count). The molecule has 1 heterocycles. The first-order valence-corrected chi connectivity index (χ1v) is 7.25. The Morgan fingerprint density at radius 1 is 1.19 bits per heavy atom. The molecule has 112 valence electrons. The lowest BCUT2D eigenvalue weighted by Gasteiger charge is -2.17. The number of ether oxygens (including phenoxy) is 1. The molecule has 2 aromatic rings. The molecule has 4 nitrogen and oxygen atoms in total. The van der Waals surface area contributed by atoms with Crippen LogP contribution < -0.4 is 4.74 Å². The Balaban J connectivity index is 2.59. The van der Waals surface area contributed by atoms with Crippen LogP contribution in [0.15, 0.2) is 30.5 Å². The Labute approximate surface area is 125 Å². The number of Topliss-reactive ketones (excluding diaryl/α,β-unsaturated/α-hetero) is 1. The molecule has 21 heavy (non-hydrogen) atoms. The van der Waals surface area contributed by atoms with Gasteiger partial charge < -0.3 is 4.74 Å². The smallest absolute Gasteiger partial charge is 0.159 e. The molecular formula is C17H22N2O2. The molecule has 0 amide bonds. The fraction of sp³-hybridized carbons (Fsp3) is 0.412. The number of rotatable bonds is 5. The molecule has 0 fully saturated rings. The molecule has 0 saturated heterocycles. The Bertz CT molecular complexity index is 642. The number of aromatic nitrogens is 2. The van der Waals surface area contributed by atoms with Gasteiger partial charge in [-0.1, -0.05) is 0 Å². The monoisotopic (exact) mass is 286 g/mol. The first-order chi connectivity index (χ1) is 9.90. The summed E-state index contributed by atoms with van der Waals surface area (Å²) in [6, 6.07) is 7.74. The van der Waals surface area contributed by atoms with Crippen LogP contribution in [0.2, 0.25) is 0 Å². The lowest BCUT2D eigenvalue weighted by Crippen LogP contribution is -2.09. The van der Waals surface area contributed by atoms with Crippen molar-refractivity contribution in [2.24, 2.45) is 0 Å². The topological polar surface area (TPSA) is 44.1 Å². The zero-order valence-corrected chi connectivity index (χ0v) is 13.3. The van der Waals surface area contributed by atoms with E-state index in [1.54, 1.807) is 19.2 Å². The van der Waals surface area contributed by atoms with Crippen LogP contribution in [0.3, 0.4) is 0 Å². The van der Waals surface area contributed by atoms with Gasteiger partial charge >= 0.3 is 0 Å². The number of carbonyl (C=O) groups is 1. The maximum absolute atomic E-state index is 11.7. The van der Waals surface area contributed by atoms with E-state index in [0.717, 1.165) is 17.0 Å². The number of hydrogen-bond donors (Lipinski definition) is 0. The summed E-state index contributed by atoms with van der Waals surface area (Å²) in [5, 5.41) is 4.36. The van der Waals surface area contributed by atoms with Gasteiger partial charge in [-0.2, -0.15) is 5.10 Å². The molecule has 1 aromatic heterocycles. The van der Waals surface area contributed by atoms with Gasteiger partial charge in [-0.15, -0.1) is 0 Å². The fourth-order valence-electron chi connectivity index (χ4n) is 2.24. The van der Waals surface area contributed by atoms with Gasteiger partial charge in [0.05, 0.1) is 11.8 Å². The van der Waals surface area contributed by atoms with Crippen LogP contribution in [-0.4, -0.2) is 21.7 Å². The lowest BCUT2D eigenvalue weighted by molar-refractivity contribution is 0.101. The van der Waals surface area contributed by atoms with Crippen LogP contribution in [0.1, 0.15) is 51.0 Å². The van der Waals surface area contributed by atoms with Gasteiger partial charge in [-0.05, 0) is 58.9 Å². The summed E-state index contributed by atoms with van der Waals surface area (Å²) >= 11 is 0. The molecule has 4 heteroatoms. The summed E-state index contributed by atoms with van der Waals surface area (Å²) in [5.41, 5.74) is 2.55. The summed E-state index contributed by atoms with van der Waals surface area (Å²) in [6.45, 7) is 9.70. The average Bonchev–Trinajstić information content (AvgIpc) is 2.87. The maximum Gasteiger partial charge on any atom is 0.159 e. The van der Waals surface area contributed by atoms with Crippen molar-refractivity contribution >= 4 is 5.78 Å². The summed E-state index contributed by atoms with van der Waals surface area (Å²) in [6.07, 6.45) is 1.84. The first-order valence-electron chi connectivity index (χ1n) is 7.25. The third-order valence-electron chi connectivity index (χ3n) is 3.18. The van der Waals surface area contributed by atoms with Crippen molar-refractivity contribution in [2.75, 3.05) is 0 Å². The normalized spacial score (nSPS) is 11.2. The molecule has 0 radical (unpaired) electrons. The lowest BCUT2D eigenvalue weighted by atomic mass is 10.0. The molecule has 0 saturated carbocycles. The maximum atomic E-state index is 11.7. The minimum Gasteiger partial charge on any atom is -0.490 e. The van der Waals surface area contributed by atoms with E-state index in [-0.39, 0.29) is 17.9 Å². The third-order valence-corrected chi connectivity index (χ3v) is 3.18. The zero-order valence-electron chi connectivity index (χ0n) is 13.3. The van der Waals surface area contributed by atoms with Crippen molar-refractivity contribution in [1.82, 2.24) is 9.78 Å². The van der Waals surface area contributed by atoms with E-state index in [1.165, 1.54) is 0 Å². The molecule has 0 spiro atoms. The minimum absolute atomic E-state index is 0.0444. The Hall–Kier alpha value is -2.10. The highest BCUT2D eigenvalue weighted by Crippen LogP contribution is 2.33. The summed E-state index contributed by atoms with van der Waals surface area (Å²) in [4.78, 5) is 11.7. The summed E-state index contributed by atoms with van der Waals surface area (Å²) in [5.74, 6) is 0.820. The van der Waals surface area contributed by atoms with Crippen molar-refractivity contribution in [3.05, 3.63) is 36.0 Å². The van der Waals surface area contributed by atoms with Crippen molar-refractivity contribution < 1.29 is 9.53 Å².